The van der Waals surface area contributed by atoms with E-state index in [-0.39, 0.29) is 37.6 Å². The number of benzene rings is 2. The average Bonchev–Trinajstić information content (AvgIpc) is 3.75. The third-order valence-electron chi connectivity index (χ3n) is 11.5. The Labute approximate surface area is 335 Å². The van der Waals surface area contributed by atoms with Crippen molar-refractivity contribution in [1.29, 1.82) is 0 Å². The van der Waals surface area contributed by atoms with Gasteiger partial charge in [0.15, 0.2) is 0 Å². The topological polar surface area (TPSA) is 164 Å². The molecule has 0 bridgehead atoms. The van der Waals surface area contributed by atoms with Crippen molar-refractivity contribution in [2.24, 2.45) is 17.3 Å². The molecule has 4 amide bonds. The molecule has 2 saturated heterocycles. The first-order chi connectivity index (χ1) is 27.0. The summed E-state index contributed by atoms with van der Waals surface area (Å²) in [5.41, 5.74) is -0.0622. The summed E-state index contributed by atoms with van der Waals surface area (Å²) in [5.74, 6) is -2.13. The van der Waals surface area contributed by atoms with E-state index in [4.69, 9.17) is 14.5 Å². The van der Waals surface area contributed by atoms with Gasteiger partial charge in [-0.3, -0.25) is 23.9 Å². The van der Waals surface area contributed by atoms with Crippen molar-refractivity contribution < 1.29 is 37.1 Å². The minimum atomic E-state index is -4.01. The van der Waals surface area contributed by atoms with Gasteiger partial charge in [0.05, 0.1) is 36.0 Å². The van der Waals surface area contributed by atoms with Crippen LogP contribution in [0.5, 0.6) is 11.5 Å². The lowest BCUT2D eigenvalue weighted by molar-refractivity contribution is -0.148. The second-order valence-electron chi connectivity index (χ2n) is 16.8. The average molecular weight is 802 g/mol. The molecule has 0 unspecified atom stereocenters. The first-order valence-electron chi connectivity index (χ1n) is 19.8. The van der Waals surface area contributed by atoms with E-state index < -0.39 is 62.0 Å². The minimum absolute atomic E-state index is 0.0199. The lowest BCUT2D eigenvalue weighted by Crippen LogP contribution is -2.57. The number of sulfonamides is 1. The zero-order valence-electron chi connectivity index (χ0n) is 33.7. The predicted octanol–water partition coefficient (Wildman–Crippen LogP) is 5.24. The van der Waals surface area contributed by atoms with Crippen LogP contribution >= 0.6 is 0 Å². The number of hydrogen-bond donors (Lipinski definition) is 2. The first-order valence-corrected chi connectivity index (χ1v) is 21.3. The number of carbonyl (C=O) groups is 4. The maximum Gasteiger partial charge on any atom is 0.259 e. The molecule has 1 saturated carbocycles. The van der Waals surface area contributed by atoms with Crippen LogP contribution in [0, 0.1) is 17.3 Å². The number of aromatic nitrogens is 1. The molecule has 1 aliphatic carbocycles. The molecule has 3 heterocycles. The maximum absolute atomic E-state index is 14.9. The normalized spacial score (nSPS) is 22.8. The molecule has 3 aliphatic rings. The number of amides is 4. The van der Waals surface area contributed by atoms with Gasteiger partial charge in [0.1, 0.15) is 29.2 Å². The number of hydrogen-bond acceptors (Lipinski definition) is 9. The fourth-order valence-electron chi connectivity index (χ4n) is 7.80. The Morgan fingerprint density at radius 3 is 2.35 bits per heavy atom. The second-order valence-corrected chi connectivity index (χ2v) is 19.1. The lowest BCUT2D eigenvalue weighted by atomic mass is 9.77. The van der Waals surface area contributed by atoms with Crippen LogP contribution in [0.15, 0.2) is 67.3 Å². The first kappa shape index (κ1) is 41.6. The van der Waals surface area contributed by atoms with Crippen molar-refractivity contribution in [3.63, 3.8) is 0 Å². The van der Waals surface area contributed by atoms with Crippen molar-refractivity contribution in [2.75, 3.05) is 26.7 Å². The summed E-state index contributed by atoms with van der Waals surface area (Å²) in [6.45, 7) is 13.8. The molecule has 57 heavy (non-hydrogen) atoms. The Kier molecular flexibility index (Phi) is 12.0. The summed E-state index contributed by atoms with van der Waals surface area (Å²) in [5, 5.41) is 2.67. The number of nitrogens with one attached hydrogen (secondary N) is 2. The number of nitrogens with zero attached hydrogens (tertiary/aromatic N) is 3. The van der Waals surface area contributed by atoms with Gasteiger partial charge in [-0.25, -0.2) is 13.4 Å². The van der Waals surface area contributed by atoms with Gasteiger partial charge >= 0.3 is 0 Å². The molecule has 2 aromatic carbocycles. The second kappa shape index (κ2) is 16.5. The lowest BCUT2D eigenvalue weighted by Gasteiger charge is -2.36. The third-order valence-corrected chi connectivity index (χ3v) is 13.2. The van der Waals surface area contributed by atoms with Crippen molar-refractivity contribution in [3.8, 4) is 22.8 Å². The van der Waals surface area contributed by atoms with Gasteiger partial charge in [-0.1, -0.05) is 57.2 Å². The highest BCUT2D eigenvalue weighted by atomic mass is 32.2. The fourth-order valence-corrected chi connectivity index (χ4v) is 8.47. The molecule has 6 rings (SSSR count). The zero-order valence-corrected chi connectivity index (χ0v) is 34.6. The van der Waals surface area contributed by atoms with E-state index in [1.807, 2.05) is 80.3 Å². The Morgan fingerprint density at radius 2 is 1.74 bits per heavy atom. The smallest absolute Gasteiger partial charge is 0.259 e. The van der Waals surface area contributed by atoms with Crippen molar-refractivity contribution in [1.82, 2.24) is 24.8 Å². The molecule has 2 aliphatic heterocycles. The number of rotatable bonds is 13. The highest BCUT2D eigenvalue weighted by molar-refractivity contribution is 7.90. The van der Waals surface area contributed by atoms with Crippen LogP contribution in [0.1, 0.15) is 73.1 Å². The molecule has 14 heteroatoms. The van der Waals surface area contributed by atoms with Gasteiger partial charge in [-0.05, 0) is 57.1 Å². The van der Waals surface area contributed by atoms with Crippen LogP contribution in [-0.2, 0) is 29.2 Å². The summed E-state index contributed by atoms with van der Waals surface area (Å²) in [7, 11) is -2.43. The molecule has 0 spiro atoms. The van der Waals surface area contributed by atoms with E-state index in [1.54, 1.807) is 7.11 Å². The fraction of sp³-hybridized carbons (Fsp3) is 0.512. The summed E-state index contributed by atoms with van der Waals surface area (Å²) in [6, 6.07) is 15.9. The molecule has 1 aromatic heterocycles. The summed E-state index contributed by atoms with van der Waals surface area (Å²) < 4.78 is 39.9. The Morgan fingerprint density at radius 1 is 1.04 bits per heavy atom. The molecule has 13 nitrogen and oxygen atoms in total. The Hall–Kier alpha value is -4.98. The van der Waals surface area contributed by atoms with Crippen molar-refractivity contribution in [3.05, 3.63) is 67.3 Å². The maximum atomic E-state index is 14.9. The van der Waals surface area contributed by atoms with Crippen LogP contribution in [0.4, 0.5) is 0 Å². The highest BCUT2D eigenvalue weighted by Gasteiger charge is 2.61. The highest BCUT2D eigenvalue weighted by Crippen LogP contribution is 2.45. The number of pyridine rings is 1. The number of fused-ring (bicyclic) bond motifs is 1. The van der Waals surface area contributed by atoms with Gasteiger partial charge in [-0.15, -0.1) is 6.58 Å². The van der Waals surface area contributed by atoms with Gasteiger partial charge in [-0.2, -0.15) is 0 Å². The number of piperidine rings is 1. The van der Waals surface area contributed by atoms with Gasteiger partial charge in [0, 0.05) is 54.9 Å². The van der Waals surface area contributed by atoms with E-state index in [9.17, 15) is 27.6 Å². The van der Waals surface area contributed by atoms with Crippen LogP contribution in [0.25, 0.3) is 22.2 Å². The molecule has 2 N–H and O–H groups in total. The van der Waals surface area contributed by atoms with Crippen LogP contribution < -0.4 is 19.5 Å². The quantitative estimate of drug-likeness (QED) is 0.220. The molecule has 0 radical (unpaired) electrons. The number of likely N-dealkylation sites (tertiary alicyclic amines) is 2. The van der Waals surface area contributed by atoms with Gasteiger partial charge in [0.25, 0.3) is 5.91 Å². The largest absolute Gasteiger partial charge is 0.497 e. The minimum Gasteiger partial charge on any atom is -0.497 e. The standard InChI is InChI=1S/C43H55N5O8S/c1-8-29-25-43(29,41(52)46-57(53,54)27(2)3)45-39(50)36-22-31(26-48(36)40(51)33(42(4,5)6)23-38(49)47-19-13-10-14-20-47)56-37-24-34(28-15-11-9-12-16-28)44-35-21-30(55-7)17-18-32(35)37/h8-9,11-12,15-18,21,24,27,29,31,33,36H,1,10,13-14,19-20,22-23,25-26H2,2-7H3,(H,45,50)(H,46,52)/t29-,31+,33+,36-,43+/m0/s1. The molecule has 306 valence electrons. The van der Waals surface area contributed by atoms with Crippen molar-refractivity contribution in [2.45, 2.75) is 96.1 Å². The Bertz CT molecular complexity index is 2130. The molecular weight excluding hydrogens is 747 g/mol. The zero-order chi connectivity index (χ0) is 41.3. The van der Waals surface area contributed by atoms with Crippen LogP contribution in [0.2, 0.25) is 0 Å². The van der Waals surface area contributed by atoms with Crippen molar-refractivity contribution >= 4 is 44.6 Å². The van der Waals surface area contributed by atoms with Gasteiger partial charge in [0.2, 0.25) is 27.7 Å². The Balaban J connectivity index is 1.35. The summed E-state index contributed by atoms with van der Waals surface area (Å²) >= 11 is 0. The van der Waals surface area contributed by atoms with E-state index in [0.29, 0.717) is 41.2 Å². The van der Waals surface area contributed by atoms with E-state index >= 15 is 0 Å². The molecule has 5 atom stereocenters. The molecule has 3 fully saturated rings. The van der Waals surface area contributed by atoms with Gasteiger partial charge < -0.3 is 24.6 Å². The predicted molar refractivity (Wildman–Crippen MR) is 218 cm³/mol. The monoisotopic (exact) mass is 801 g/mol. The molecular formula is C43H55N5O8S. The van der Waals surface area contributed by atoms with Crippen LogP contribution in [-0.4, -0.2) is 96.5 Å². The number of methoxy groups -OCH3 is 1. The third kappa shape index (κ3) is 8.95. The summed E-state index contributed by atoms with van der Waals surface area (Å²) in [4.78, 5) is 64.8. The van der Waals surface area contributed by atoms with E-state index in [0.717, 1.165) is 24.8 Å². The van der Waals surface area contributed by atoms with Crippen LogP contribution in [0.3, 0.4) is 0 Å². The SMILES string of the molecule is C=C[C@H]1C[C@]1(NC(=O)[C@@H]1C[C@@H](Oc2cc(-c3ccccc3)nc3cc(OC)ccc23)CN1C(=O)[C@@H](CC(=O)N1CCCCC1)C(C)(C)C)C(=O)NS(=O)(=O)C(C)C. The van der Waals surface area contributed by atoms with E-state index in [1.165, 1.54) is 24.8 Å². The molecule has 3 aromatic rings. The van der Waals surface area contributed by atoms with E-state index in [2.05, 4.69) is 16.6 Å². The number of carbonyl (C=O) groups excluding carboxylic acids is 4. The number of ether oxygens (including phenoxy) is 2. The summed E-state index contributed by atoms with van der Waals surface area (Å²) in [6.07, 6.45) is 3.90.